The Morgan fingerprint density at radius 3 is 2.61 bits per heavy atom. The Bertz CT molecular complexity index is 440. The predicted molar refractivity (Wildman–Crippen MR) is 53.6 cm³/mol. The third-order valence-electron chi connectivity index (χ3n) is 3.04. The molecule has 0 aliphatic heterocycles. The summed E-state index contributed by atoms with van der Waals surface area (Å²) in [6.45, 7) is 0. The number of aromatic nitrogens is 2. The number of nitrogens with two attached hydrogens (primary N) is 1. The number of hydrogen-bond donors (Lipinski definition) is 1. The van der Waals surface area contributed by atoms with Crippen LogP contribution < -0.4 is 5.73 Å². The zero-order chi connectivity index (χ0) is 13.3. The lowest BCUT2D eigenvalue weighted by atomic mass is 9.80. The zero-order valence-corrected chi connectivity index (χ0v) is 9.41. The quantitative estimate of drug-likeness (QED) is 0.837. The van der Waals surface area contributed by atoms with Gasteiger partial charge >= 0.3 is 12.1 Å². The number of ketones is 1. The number of alkyl halides is 3. The lowest BCUT2D eigenvalue weighted by Gasteiger charge is -2.26. The van der Waals surface area contributed by atoms with Gasteiger partial charge in [0.2, 0.25) is 11.6 Å². The van der Waals surface area contributed by atoms with Crippen LogP contribution in [0.3, 0.4) is 0 Å². The van der Waals surface area contributed by atoms with E-state index in [0.29, 0.717) is 12.3 Å². The summed E-state index contributed by atoms with van der Waals surface area (Å²) in [7, 11) is 0. The molecule has 0 amide bonds. The van der Waals surface area contributed by atoms with E-state index in [1.165, 1.54) is 0 Å². The van der Waals surface area contributed by atoms with Crippen molar-refractivity contribution in [3.8, 4) is 0 Å². The second-order valence-corrected chi connectivity index (χ2v) is 4.42. The maximum atomic E-state index is 12.2. The van der Waals surface area contributed by atoms with Crippen LogP contribution in [-0.4, -0.2) is 22.0 Å². The molecule has 1 atom stereocenters. The van der Waals surface area contributed by atoms with Gasteiger partial charge in [-0.3, -0.25) is 4.79 Å². The van der Waals surface area contributed by atoms with Crippen LogP contribution >= 0.6 is 0 Å². The second kappa shape index (κ2) is 4.68. The molecule has 1 saturated carbocycles. The second-order valence-electron chi connectivity index (χ2n) is 4.42. The van der Waals surface area contributed by atoms with Crippen molar-refractivity contribution < 1.29 is 22.5 Å². The maximum absolute atomic E-state index is 12.2. The Kier molecular flexibility index (Phi) is 3.38. The Morgan fingerprint density at radius 2 is 2.17 bits per heavy atom. The van der Waals surface area contributed by atoms with Crippen LogP contribution in [-0.2, 0) is 6.18 Å². The molecule has 0 aromatic carbocycles. The highest BCUT2D eigenvalue weighted by Gasteiger charge is 2.39. The van der Waals surface area contributed by atoms with Gasteiger partial charge in [0.15, 0.2) is 0 Å². The van der Waals surface area contributed by atoms with E-state index in [1.807, 2.05) is 0 Å². The summed E-state index contributed by atoms with van der Waals surface area (Å²) in [6, 6.07) is -0.867. The first-order valence-corrected chi connectivity index (χ1v) is 5.58. The Balaban J connectivity index is 2.01. The molecule has 100 valence electrons. The van der Waals surface area contributed by atoms with Gasteiger partial charge in [0.25, 0.3) is 0 Å². The fourth-order valence-electron chi connectivity index (χ4n) is 1.80. The summed E-state index contributed by atoms with van der Waals surface area (Å²) in [6.07, 6.45) is -1.19. The fraction of sp³-hybridized carbons (Fsp3) is 0.700. The molecule has 1 fully saturated rings. The number of rotatable bonds is 4. The van der Waals surface area contributed by atoms with E-state index in [0.717, 1.165) is 19.3 Å². The zero-order valence-electron chi connectivity index (χ0n) is 9.41. The van der Waals surface area contributed by atoms with Crippen molar-refractivity contribution >= 4 is 5.78 Å². The van der Waals surface area contributed by atoms with Gasteiger partial charge in [-0.2, -0.15) is 18.2 Å². The monoisotopic (exact) mass is 263 g/mol. The molecule has 1 aliphatic carbocycles. The van der Waals surface area contributed by atoms with Crippen molar-refractivity contribution in [3.63, 3.8) is 0 Å². The fourth-order valence-corrected chi connectivity index (χ4v) is 1.80. The lowest BCUT2D eigenvalue weighted by molar-refractivity contribution is -0.159. The van der Waals surface area contributed by atoms with E-state index < -0.39 is 29.7 Å². The number of carbonyl (C=O) groups is 1. The Morgan fingerprint density at radius 1 is 1.50 bits per heavy atom. The van der Waals surface area contributed by atoms with Gasteiger partial charge in [0.05, 0.1) is 6.04 Å². The summed E-state index contributed by atoms with van der Waals surface area (Å²) in [4.78, 5) is 14.7. The van der Waals surface area contributed by atoms with Crippen LogP contribution in [0.1, 0.15) is 42.2 Å². The molecule has 0 radical (unpaired) electrons. The Hall–Kier alpha value is -1.44. The number of Topliss-reactive ketones (excluding diaryl/α,β-unsaturated/α-hetero) is 1. The van der Waals surface area contributed by atoms with Crippen LogP contribution in [0, 0.1) is 5.92 Å². The predicted octanol–water partition coefficient (Wildman–Crippen LogP) is 1.79. The largest absolute Gasteiger partial charge is 0.471 e. The minimum atomic E-state index is -4.75. The maximum Gasteiger partial charge on any atom is 0.471 e. The van der Waals surface area contributed by atoms with Crippen LogP contribution in [0.25, 0.3) is 0 Å². The molecule has 8 heteroatoms. The van der Waals surface area contributed by atoms with Gasteiger partial charge < -0.3 is 10.3 Å². The summed E-state index contributed by atoms with van der Waals surface area (Å²) < 4.78 is 40.6. The molecule has 1 aliphatic rings. The smallest absolute Gasteiger partial charge is 0.329 e. The number of halogens is 3. The summed E-state index contributed by atoms with van der Waals surface area (Å²) >= 11 is 0. The number of nitrogens with zero attached hydrogens (tertiary/aromatic N) is 2. The number of carbonyl (C=O) groups excluding carboxylic acids is 1. The highest BCUT2D eigenvalue weighted by molar-refractivity contribution is 5.96. The molecular formula is C10H12F3N3O2. The van der Waals surface area contributed by atoms with Gasteiger partial charge in [0, 0.05) is 0 Å². The minimum absolute atomic E-state index is 0.373. The molecular weight excluding hydrogens is 251 g/mol. The van der Waals surface area contributed by atoms with Crippen molar-refractivity contribution in [3.05, 3.63) is 11.7 Å². The molecule has 18 heavy (non-hydrogen) atoms. The van der Waals surface area contributed by atoms with Crippen LogP contribution in [0.15, 0.2) is 4.52 Å². The van der Waals surface area contributed by atoms with E-state index in [9.17, 15) is 18.0 Å². The van der Waals surface area contributed by atoms with Crippen LogP contribution in [0.4, 0.5) is 13.2 Å². The highest BCUT2D eigenvalue weighted by Crippen LogP contribution is 2.31. The topological polar surface area (TPSA) is 82.0 Å². The first kappa shape index (κ1) is 13.0. The molecule has 0 spiro atoms. The van der Waals surface area contributed by atoms with Crippen molar-refractivity contribution in [2.45, 2.75) is 37.9 Å². The van der Waals surface area contributed by atoms with E-state index in [4.69, 9.17) is 5.73 Å². The van der Waals surface area contributed by atoms with Crippen molar-refractivity contribution in [2.24, 2.45) is 11.7 Å². The van der Waals surface area contributed by atoms with Crippen LogP contribution in [0.5, 0.6) is 0 Å². The molecule has 1 heterocycles. The Labute approximate surface area is 101 Å². The average Bonchev–Trinajstić information content (AvgIpc) is 2.70. The first-order chi connectivity index (χ1) is 8.38. The lowest BCUT2D eigenvalue weighted by Crippen LogP contribution is -2.35. The summed E-state index contributed by atoms with van der Waals surface area (Å²) in [5.74, 6) is -2.46. The van der Waals surface area contributed by atoms with Gasteiger partial charge in [0.1, 0.15) is 0 Å². The van der Waals surface area contributed by atoms with Gasteiger partial charge in [-0.25, -0.2) is 0 Å². The van der Waals surface area contributed by atoms with E-state index in [2.05, 4.69) is 14.7 Å². The SMILES string of the molecule is NC(CC1CCC1)C(=O)c1noc(C(F)(F)F)n1. The highest BCUT2D eigenvalue weighted by atomic mass is 19.4. The van der Waals surface area contributed by atoms with Crippen LogP contribution in [0.2, 0.25) is 0 Å². The summed E-state index contributed by atoms with van der Waals surface area (Å²) in [5, 5.41) is 3.02. The normalized spacial score (nSPS) is 18.4. The van der Waals surface area contributed by atoms with Gasteiger partial charge in [-0.1, -0.05) is 24.4 Å². The van der Waals surface area contributed by atoms with Crippen molar-refractivity contribution in [1.82, 2.24) is 10.1 Å². The van der Waals surface area contributed by atoms with E-state index in [1.54, 1.807) is 0 Å². The molecule has 2 rings (SSSR count). The third-order valence-corrected chi connectivity index (χ3v) is 3.04. The van der Waals surface area contributed by atoms with Crippen molar-refractivity contribution in [1.29, 1.82) is 0 Å². The van der Waals surface area contributed by atoms with Gasteiger partial charge in [-0.15, -0.1) is 0 Å². The molecule has 1 unspecified atom stereocenters. The first-order valence-electron chi connectivity index (χ1n) is 5.58. The molecule has 2 N–H and O–H groups in total. The van der Waals surface area contributed by atoms with Gasteiger partial charge in [-0.05, 0) is 12.3 Å². The van der Waals surface area contributed by atoms with E-state index in [-0.39, 0.29) is 0 Å². The molecule has 1 aromatic rings. The molecule has 5 nitrogen and oxygen atoms in total. The molecule has 1 aromatic heterocycles. The van der Waals surface area contributed by atoms with Crippen molar-refractivity contribution in [2.75, 3.05) is 0 Å². The minimum Gasteiger partial charge on any atom is -0.329 e. The molecule has 0 bridgehead atoms. The molecule has 0 saturated heterocycles. The third kappa shape index (κ3) is 2.69. The standard InChI is InChI=1S/C10H12F3N3O2/c11-10(12,13)9-15-8(16-18-9)7(17)6(14)4-5-2-1-3-5/h5-6H,1-4,14H2. The van der Waals surface area contributed by atoms with E-state index >= 15 is 0 Å². The average molecular weight is 263 g/mol. The summed E-state index contributed by atoms with van der Waals surface area (Å²) in [5.41, 5.74) is 5.63. The number of hydrogen-bond acceptors (Lipinski definition) is 5.